The fourth-order valence-electron chi connectivity index (χ4n) is 2.05. The lowest BCUT2D eigenvalue weighted by Gasteiger charge is -2.21. The predicted octanol–water partition coefficient (Wildman–Crippen LogP) is 3.51. The molecule has 0 bridgehead atoms. The normalized spacial score (nSPS) is 10.3. The Hall–Kier alpha value is -2.36. The van der Waals surface area contributed by atoms with E-state index in [9.17, 15) is 14.3 Å². The number of carbonyl (C=O) groups excluding carboxylic acids is 1. The molecule has 0 aromatic heterocycles. The zero-order chi connectivity index (χ0) is 14.7. The summed E-state index contributed by atoms with van der Waals surface area (Å²) in [7, 11) is 0. The number of aryl methyl sites for hydroxylation is 1. The molecule has 0 spiro atoms. The van der Waals surface area contributed by atoms with Crippen molar-refractivity contribution in [2.45, 2.75) is 13.8 Å². The van der Waals surface area contributed by atoms with Gasteiger partial charge in [-0.05, 0) is 38.1 Å². The molecule has 0 fully saturated rings. The maximum Gasteiger partial charge on any atom is 0.261 e. The molecule has 104 valence electrons. The summed E-state index contributed by atoms with van der Waals surface area (Å²) in [5.41, 5.74) is 1.40. The van der Waals surface area contributed by atoms with E-state index in [2.05, 4.69) is 0 Å². The van der Waals surface area contributed by atoms with E-state index in [4.69, 9.17) is 0 Å². The number of aromatic hydroxyl groups is 1. The average Bonchev–Trinajstić information content (AvgIpc) is 2.42. The molecule has 0 atom stereocenters. The number of phenolic OH excluding ortho intramolecular Hbond substituents is 1. The molecule has 0 radical (unpaired) electrons. The van der Waals surface area contributed by atoms with Gasteiger partial charge in [-0.2, -0.15) is 0 Å². The SMILES string of the molecule is CCN(C(=O)c1cc(C)ccc1F)c1cccc(O)c1. The highest BCUT2D eigenvalue weighted by Gasteiger charge is 2.19. The summed E-state index contributed by atoms with van der Waals surface area (Å²) in [6.07, 6.45) is 0. The maximum absolute atomic E-state index is 13.8. The third kappa shape index (κ3) is 2.79. The molecule has 2 rings (SSSR count). The van der Waals surface area contributed by atoms with Crippen LogP contribution in [0.5, 0.6) is 5.75 Å². The number of phenols is 1. The van der Waals surface area contributed by atoms with Crippen molar-refractivity contribution >= 4 is 11.6 Å². The van der Waals surface area contributed by atoms with Crippen LogP contribution in [0.1, 0.15) is 22.8 Å². The Morgan fingerprint density at radius 1 is 1.25 bits per heavy atom. The number of anilines is 1. The smallest absolute Gasteiger partial charge is 0.261 e. The summed E-state index contributed by atoms with van der Waals surface area (Å²) in [6.45, 7) is 3.99. The van der Waals surface area contributed by atoms with Crippen molar-refractivity contribution in [2.24, 2.45) is 0 Å². The summed E-state index contributed by atoms with van der Waals surface area (Å²) in [4.78, 5) is 13.9. The van der Waals surface area contributed by atoms with Gasteiger partial charge in [-0.3, -0.25) is 4.79 Å². The predicted molar refractivity (Wildman–Crippen MR) is 76.6 cm³/mol. The minimum Gasteiger partial charge on any atom is -0.508 e. The molecule has 0 unspecified atom stereocenters. The van der Waals surface area contributed by atoms with E-state index < -0.39 is 11.7 Å². The van der Waals surface area contributed by atoms with E-state index in [0.29, 0.717) is 12.2 Å². The number of amides is 1. The fourth-order valence-corrected chi connectivity index (χ4v) is 2.05. The highest BCUT2D eigenvalue weighted by atomic mass is 19.1. The van der Waals surface area contributed by atoms with Crippen molar-refractivity contribution in [1.82, 2.24) is 0 Å². The zero-order valence-corrected chi connectivity index (χ0v) is 11.4. The Labute approximate surface area is 117 Å². The molecule has 20 heavy (non-hydrogen) atoms. The van der Waals surface area contributed by atoms with Gasteiger partial charge in [-0.1, -0.05) is 17.7 Å². The molecule has 0 saturated carbocycles. The van der Waals surface area contributed by atoms with Gasteiger partial charge in [0.25, 0.3) is 5.91 Å². The van der Waals surface area contributed by atoms with E-state index in [0.717, 1.165) is 5.56 Å². The molecule has 0 aliphatic carbocycles. The number of halogens is 1. The first-order chi connectivity index (χ1) is 9.52. The minimum absolute atomic E-state index is 0.0372. The van der Waals surface area contributed by atoms with Crippen LogP contribution >= 0.6 is 0 Å². The number of hydrogen-bond acceptors (Lipinski definition) is 2. The molecule has 1 amide bonds. The maximum atomic E-state index is 13.8. The molecule has 4 heteroatoms. The number of carbonyl (C=O) groups is 1. The second kappa shape index (κ2) is 5.74. The quantitative estimate of drug-likeness (QED) is 0.929. The molecule has 1 N–H and O–H groups in total. The van der Waals surface area contributed by atoms with Gasteiger partial charge in [0.05, 0.1) is 5.56 Å². The number of nitrogens with zero attached hydrogens (tertiary/aromatic N) is 1. The molecule has 0 aliphatic rings. The summed E-state index contributed by atoms with van der Waals surface area (Å²) >= 11 is 0. The third-order valence-corrected chi connectivity index (χ3v) is 3.06. The van der Waals surface area contributed by atoms with E-state index in [1.165, 1.54) is 29.2 Å². The summed E-state index contributed by atoms with van der Waals surface area (Å²) < 4.78 is 13.8. The van der Waals surface area contributed by atoms with Gasteiger partial charge in [-0.25, -0.2) is 4.39 Å². The summed E-state index contributed by atoms with van der Waals surface area (Å²) in [5.74, 6) is -0.892. The van der Waals surface area contributed by atoms with Crippen molar-refractivity contribution in [2.75, 3.05) is 11.4 Å². The molecule has 2 aromatic rings. The van der Waals surface area contributed by atoms with Crippen molar-refractivity contribution < 1.29 is 14.3 Å². The fraction of sp³-hybridized carbons (Fsp3) is 0.188. The van der Waals surface area contributed by atoms with Crippen LogP contribution in [-0.4, -0.2) is 17.6 Å². The molecular formula is C16H16FNO2. The zero-order valence-electron chi connectivity index (χ0n) is 11.4. The van der Waals surface area contributed by atoms with Gasteiger partial charge in [0.15, 0.2) is 0 Å². The molecule has 0 heterocycles. The van der Waals surface area contributed by atoms with Crippen LogP contribution in [0.3, 0.4) is 0 Å². The van der Waals surface area contributed by atoms with Crippen molar-refractivity contribution in [1.29, 1.82) is 0 Å². The van der Waals surface area contributed by atoms with E-state index >= 15 is 0 Å². The first-order valence-corrected chi connectivity index (χ1v) is 6.40. The largest absolute Gasteiger partial charge is 0.508 e. The second-order valence-corrected chi connectivity index (χ2v) is 4.55. The number of hydrogen-bond donors (Lipinski definition) is 1. The Morgan fingerprint density at radius 2 is 2.00 bits per heavy atom. The number of benzene rings is 2. The highest BCUT2D eigenvalue weighted by molar-refractivity contribution is 6.06. The van der Waals surface area contributed by atoms with Crippen LogP contribution in [0.15, 0.2) is 42.5 Å². The Balaban J connectivity index is 2.41. The Bertz CT molecular complexity index is 640. The summed E-state index contributed by atoms with van der Waals surface area (Å²) in [5, 5.41) is 9.50. The monoisotopic (exact) mass is 273 g/mol. The molecule has 0 saturated heterocycles. The van der Waals surface area contributed by atoms with Gasteiger partial charge in [0, 0.05) is 18.3 Å². The van der Waals surface area contributed by atoms with Gasteiger partial charge < -0.3 is 10.0 Å². The summed E-state index contributed by atoms with van der Waals surface area (Å²) in [6, 6.07) is 10.8. The third-order valence-electron chi connectivity index (χ3n) is 3.06. The lowest BCUT2D eigenvalue weighted by Crippen LogP contribution is -2.31. The van der Waals surface area contributed by atoms with Crippen LogP contribution in [0.25, 0.3) is 0 Å². The first kappa shape index (κ1) is 14.1. The van der Waals surface area contributed by atoms with Gasteiger partial charge in [0.1, 0.15) is 11.6 Å². The second-order valence-electron chi connectivity index (χ2n) is 4.55. The van der Waals surface area contributed by atoms with Crippen LogP contribution < -0.4 is 4.90 Å². The topological polar surface area (TPSA) is 40.5 Å². The van der Waals surface area contributed by atoms with Gasteiger partial charge in [0.2, 0.25) is 0 Å². The molecule has 3 nitrogen and oxygen atoms in total. The van der Waals surface area contributed by atoms with Crippen LogP contribution in [-0.2, 0) is 0 Å². The van der Waals surface area contributed by atoms with Crippen LogP contribution in [0, 0.1) is 12.7 Å². The lowest BCUT2D eigenvalue weighted by molar-refractivity contribution is 0.0984. The molecular weight excluding hydrogens is 257 g/mol. The lowest BCUT2D eigenvalue weighted by atomic mass is 10.1. The minimum atomic E-state index is -0.542. The van der Waals surface area contributed by atoms with Crippen LogP contribution in [0.4, 0.5) is 10.1 Å². The standard InChI is InChI=1S/C16H16FNO2/c1-3-18(12-5-4-6-13(19)10-12)16(20)14-9-11(2)7-8-15(14)17/h4-10,19H,3H2,1-2H3. The molecule has 2 aromatic carbocycles. The van der Waals surface area contributed by atoms with Crippen molar-refractivity contribution in [3.05, 3.63) is 59.4 Å². The van der Waals surface area contributed by atoms with E-state index in [1.54, 1.807) is 32.0 Å². The van der Waals surface area contributed by atoms with Gasteiger partial charge >= 0.3 is 0 Å². The van der Waals surface area contributed by atoms with E-state index in [1.807, 2.05) is 0 Å². The van der Waals surface area contributed by atoms with Crippen molar-refractivity contribution in [3.63, 3.8) is 0 Å². The average molecular weight is 273 g/mol. The Morgan fingerprint density at radius 3 is 2.65 bits per heavy atom. The van der Waals surface area contributed by atoms with Crippen LogP contribution in [0.2, 0.25) is 0 Å². The number of rotatable bonds is 3. The highest BCUT2D eigenvalue weighted by Crippen LogP contribution is 2.23. The Kier molecular flexibility index (Phi) is 4.03. The molecule has 0 aliphatic heterocycles. The van der Waals surface area contributed by atoms with Gasteiger partial charge in [-0.15, -0.1) is 0 Å². The van der Waals surface area contributed by atoms with E-state index in [-0.39, 0.29) is 11.3 Å². The first-order valence-electron chi connectivity index (χ1n) is 6.40. The van der Waals surface area contributed by atoms with Crippen molar-refractivity contribution in [3.8, 4) is 5.75 Å².